The number of aryl methyl sites for hydroxylation is 1. The van der Waals surface area contributed by atoms with Gasteiger partial charge >= 0.3 is 0 Å². The molecule has 0 aliphatic rings. The Kier molecular flexibility index (Phi) is 6.39. The van der Waals surface area contributed by atoms with Gasteiger partial charge in [-0.3, -0.25) is 14.8 Å². The maximum Gasteiger partial charge on any atom is 0.254 e. The van der Waals surface area contributed by atoms with Gasteiger partial charge in [-0.2, -0.15) is 0 Å². The Morgan fingerprint density at radius 2 is 2.00 bits per heavy atom. The Morgan fingerprint density at radius 1 is 1.19 bits per heavy atom. The van der Waals surface area contributed by atoms with Crippen molar-refractivity contribution < 1.29 is 4.79 Å². The number of aromatic nitrogens is 3. The number of nitrogen functional groups attached to an aromatic ring is 1. The number of anilines is 1. The van der Waals surface area contributed by atoms with Crippen LogP contribution >= 0.6 is 27.5 Å². The highest BCUT2D eigenvalue weighted by Gasteiger charge is 2.26. The molecule has 0 fully saturated rings. The number of pyridine rings is 3. The predicted octanol–water partition coefficient (Wildman–Crippen LogP) is 5.73. The molecule has 0 spiro atoms. The lowest BCUT2D eigenvalue weighted by Crippen LogP contribution is -2.34. The van der Waals surface area contributed by atoms with E-state index in [2.05, 4.69) is 30.9 Å². The van der Waals surface area contributed by atoms with Crippen LogP contribution in [0.3, 0.4) is 0 Å². The molecule has 1 amide bonds. The zero-order chi connectivity index (χ0) is 22.8. The van der Waals surface area contributed by atoms with E-state index >= 15 is 0 Å². The Morgan fingerprint density at radius 3 is 2.72 bits per heavy atom. The van der Waals surface area contributed by atoms with Crippen LogP contribution in [0.2, 0.25) is 5.02 Å². The van der Waals surface area contributed by atoms with E-state index in [-0.39, 0.29) is 11.9 Å². The highest BCUT2D eigenvalue weighted by atomic mass is 79.9. The predicted molar refractivity (Wildman–Crippen MR) is 130 cm³/mol. The molecule has 4 aromatic rings. The van der Waals surface area contributed by atoms with Crippen molar-refractivity contribution in [2.45, 2.75) is 26.4 Å². The van der Waals surface area contributed by atoms with Crippen molar-refractivity contribution in [2.75, 3.05) is 5.73 Å². The molecule has 0 unspecified atom stereocenters. The van der Waals surface area contributed by atoms with Gasteiger partial charge < -0.3 is 10.6 Å². The maximum atomic E-state index is 13.7. The van der Waals surface area contributed by atoms with Crippen LogP contribution < -0.4 is 5.73 Å². The van der Waals surface area contributed by atoms with Crippen molar-refractivity contribution >= 4 is 50.2 Å². The molecular weight excluding hydrogens is 490 g/mol. The van der Waals surface area contributed by atoms with E-state index in [1.807, 2.05) is 44.2 Å². The van der Waals surface area contributed by atoms with E-state index in [1.165, 1.54) is 0 Å². The molecule has 6 nitrogen and oxygen atoms in total. The molecule has 3 heterocycles. The number of nitrogens with two attached hydrogens (primary N) is 1. The minimum atomic E-state index is -0.372. The fourth-order valence-electron chi connectivity index (χ4n) is 3.51. The number of carbonyl (C=O) groups is 1. The fourth-order valence-corrected chi connectivity index (χ4v) is 4.02. The molecule has 32 heavy (non-hydrogen) atoms. The van der Waals surface area contributed by atoms with Gasteiger partial charge in [0, 0.05) is 27.8 Å². The molecule has 0 aliphatic carbocycles. The van der Waals surface area contributed by atoms with Gasteiger partial charge in [-0.15, -0.1) is 0 Å². The lowest BCUT2D eigenvalue weighted by molar-refractivity contribution is 0.0668. The summed E-state index contributed by atoms with van der Waals surface area (Å²) < 4.78 is 0.872. The minimum Gasteiger partial charge on any atom is -0.383 e. The summed E-state index contributed by atoms with van der Waals surface area (Å²) in [6, 6.07) is 14.3. The lowest BCUT2D eigenvalue weighted by Gasteiger charge is -2.29. The SMILES string of the molecule is Cc1cc2cc(C(=O)N(Cc3ccc(Br)cn3)[C@H](C)c3ncccc3Cl)ccc2nc1N. The zero-order valence-corrected chi connectivity index (χ0v) is 19.9. The third-order valence-corrected chi connectivity index (χ3v) is 6.11. The Bertz CT molecular complexity index is 1300. The molecule has 1 atom stereocenters. The highest BCUT2D eigenvalue weighted by molar-refractivity contribution is 9.10. The summed E-state index contributed by atoms with van der Waals surface area (Å²) in [6.07, 6.45) is 3.39. The van der Waals surface area contributed by atoms with E-state index in [1.54, 1.807) is 35.5 Å². The zero-order valence-electron chi connectivity index (χ0n) is 17.6. The van der Waals surface area contributed by atoms with Crippen molar-refractivity contribution in [3.63, 3.8) is 0 Å². The summed E-state index contributed by atoms with van der Waals surface area (Å²) in [7, 11) is 0. The first-order valence-electron chi connectivity index (χ1n) is 10.0. The number of fused-ring (bicyclic) bond motifs is 1. The van der Waals surface area contributed by atoms with Gasteiger partial charge in [-0.05, 0) is 83.9 Å². The van der Waals surface area contributed by atoms with E-state index in [4.69, 9.17) is 17.3 Å². The Balaban J connectivity index is 1.75. The quantitative estimate of drug-likeness (QED) is 0.370. The summed E-state index contributed by atoms with van der Waals surface area (Å²) in [5.41, 5.74) is 9.47. The number of hydrogen-bond acceptors (Lipinski definition) is 5. The molecular formula is C24H21BrClN5O. The van der Waals surface area contributed by atoms with Crippen LogP contribution in [0.15, 0.2) is 65.4 Å². The van der Waals surface area contributed by atoms with Crippen LogP contribution in [-0.2, 0) is 6.54 Å². The number of carbonyl (C=O) groups excluding carboxylic acids is 1. The first kappa shape index (κ1) is 22.2. The first-order valence-corrected chi connectivity index (χ1v) is 11.2. The van der Waals surface area contributed by atoms with E-state index in [0.717, 1.165) is 26.6 Å². The second-order valence-corrected chi connectivity index (χ2v) is 8.87. The van der Waals surface area contributed by atoms with Gasteiger partial charge in [0.1, 0.15) is 5.82 Å². The number of amides is 1. The van der Waals surface area contributed by atoms with Crippen LogP contribution in [-0.4, -0.2) is 25.8 Å². The van der Waals surface area contributed by atoms with Crippen LogP contribution in [0.25, 0.3) is 10.9 Å². The second-order valence-electron chi connectivity index (χ2n) is 7.55. The fraction of sp³-hybridized carbons (Fsp3) is 0.167. The molecule has 0 radical (unpaired) electrons. The van der Waals surface area contributed by atoms with Crippen molar-refractivity contribution in [3.05, 3.63) is 92.9 Å². The number of halogens is 2. The highest BCUT2D eigenvalue weighted by Crippen LogP contribution is 2.29. The first-order chi connectivity index (χ1) is 15.3. The Labute approximate surface area is 199 Å². The number of benzene rings is 1. The van der Waals surface area contributed by atoms with Crippen LogP contribution in [0.1, 0.15) is 40.3 Å². The lowest BCUT2D eigenvalue weighted by atomic mass is 10.1. The van der Waals surface area contributed by atoms with Crippen LogP contribution in [0, 0.1) is 6.92 Å². The van der Waals surface area contributed by atoms with Crippen molar-refractivity contribution in [1.29, 1.82) is 0 Å². The Hall–Kier alpha value is -3.03. The van der Waals surface area contributed by atoms with Gasteiger partial charge in [-0.25, -0.2) is 4.98 Å². The monoisotopic (exact) mass is 509 g/mol. The summed E-state index contributed by atoms with van der Waals surface area (Å²) in [5.74, 6) is 0.332. The largest absolute Gasteiger partial charge is 0.383 e. The molecule has 4 rings (SSSR count). The minimum absolute atomic E-state index is 0.152. The molecule has 2 N–H and O–H groups in total. The third-order valence-electron chi connectivity index (χ3n) is 5.32. The van der Waals surface area contributed by atoms with Crippen LogP contribution in [0.5, 0.6) is 0 Å². The van der Waals surface area contributed by atoms with E-state index < -0.39 is 0 Å². The smallest absolute Gasteiger partial charge is 0.254 e. The normalized spacial score (nSPS) is 12.0. The molecule has 1 aromatic carbocycles. The topological polar surface area (TPSA) is 85.0 Å². The van der Waals surface area contributed by atoms with Crippen molar-refractivity contribution in [3.8, 4) is 0 Å². The second kappa shape index (κ2) is 9.22. The molecule has 162 valence electrons. The summed E-state index contributed by atoms with van der Waals surface area (Å²) >= 11 is 9.81. The molecule has 0 bridgehead atoms. The van der Waals surface area contributed by atoms with E-state index in [0.29, 0.717) is 28.6 Å². The standard InChI is InChI=1S/C24H21BrClN5O/c1-14-10-17-11-16(5-8-21(17)30-23(14)27)24(32)31(13-19-7-6-18(25)12-29-19)15(2)22-20(26)4-3-9-28-22/h3-12,15H,13H2,1-2H3,(H2,27,30)/t15-/m1/s1. The average Bonchev–Trinajstić information content (AvgIpc) is 2.78. The van der Waals surface area contributed by atoms with Crippen molar-refractivity contribution in [2.24, 2.45) is 0 Å². The van der Waals surface area contributed by atoms with Gasteiger partial charge in [0.15, 0.2) is 0 Å². The summed E-state index contributed by atoms with van der Waals surface area (Å²) in [6.45, 7) is 4.11. The van der Waals surface area contributed by atoms with Crippen molar-refractivity contribution in [1.82, 2.24) is 19.9 Å². The summed E-state index contributed by atoms with van der Waals surface area (Å²) in [4.78, 5) is 28.7. The number of rotatable bonds is 5. The third kappa shape index (κ3) is 4.59. The molecule has 3 aromatic heterocycles. The van der Waals surface area contributed by atoms with Gasteiger partial charge in [0.2, 0.25) is 0 Å². The van der Waals surface area contributed by atoms with Gasteiger partial charge in [0.05, 0.1) is 34.5 Å². The van der Waals surface area contributed by atoms with Gasteiger partial charge in [-0.1, -0.05) is 11.6 Å². The van der Waals surface area contributed by atoms with Gasteiger partial charge in [0.25, 0.3) is 5.91 Å². The van der Waals surface area contributed by atoms with E-state index in [9.17, 15) is 4.79 Å². The molecule has 0 saturated carbocycles. The molecule has 8 heteroatoms. The number of nitrogens with zero attached hydrogens (tertiary/aromatic N) is 4. The van der Waals surface area contributed by atoms with Crippen LogP contribution in [0.4, 0.5) is 5.82 Å². The molecule has 0 saturated heterocycles. The summed E-state index contributed by atoms with van der Waals surface area (Å²) in [5, 5.41) is 1.36. The maximum absolute atomic E-state index is 13.7. The molecule has 0 aliphatic heterocycles. The number of hydrogen-bond donors (Lipinski definition) is 1. The average molecular weight is 511 g/mol.